The first kappa shape index (κ1) is 24.0. The van der Waals surface area contributed by atoms with Crippen molar-refractivity contribution in [3.8, 4) is 11.5 Å². The third-order valence-corrected chi connectivity index (χ3v) is 5.23. The predicted octanol–water partition coefficient (Wildman–Crippen LogP) is 4.86. The molecule has 8 heteroatoms. The van der Waals surface area contributed by atoms with Gasteiger partial charge in [0.2, 0.25) is 0 Å². The third-order valence-electron chi connectivity index (χ3n) is 4.64. The van der Waals surface area contributed by atoms with Crippen molar-refractivity contribution in [2.75, 3.05) is 19.0 Å². The van der Waals surface area contributed by atoms with Gasteiger partial charge >= 0.3 is 5.97 Å². The Hall–Kier alpha value is -3.65. The fourth-order valence-electron chi connectivity index (χ4n) is 2.83. The minimum absolute atomic E-state index is 0.0846. The van der Waals surface area contributed by atoms with Crippen LogP contribution in [0.15, 0.2) is 70.2 Å². The van der Waals surface area contributed by atoms with Crippen LogP contribution < -0.4 is 20.2 Å². The fourth-order valence-corrected chi connectivity index (χ4v) is 3.37. The normalized spacial score (nSPS) is 10.7. The van der Waals surface area contributed by atoms with Gasteiger partial charge in [-0.1, -0.05) is 35.4 Å². The zero-order valence-corrected chi connectivity index (χ0v) is 20.1. The van der Waals surface area contributed by atoms with E-state index in [1.165, 1.54) is 13.3 Å². The summed E-state index contributed by atoms with van der Waals surface area (Å²) >= 11 is 3.41. The number of methoxy groups -OCH3 is 1. The lowest BCUT2D eigenvalue weighted by molar-refractivity contribution is -0.119. The number of hydrazone groups is 1. The molecule has 3 rings (SSSR count). The first-order valence-electron chi connectivity index (χ1n) is 10.1. The first-order valence-corrected chi connectivity index (χ1v) is 10.9. The van der Waals surface area contributed by atoms with E-state index < -0.39 is 5.97 Å². The molecular formula is C25H24BrN3O4. The van der Waals surface area contributed by atoms with E-state index in [2.05, 4.69) is 31.8 Å². The van der Waals surface area contributed by atoms with Gasteiger partial charge < -0.3 is 14.8 Å². The Morgan fingerprint density at radius 2 is 1.64 bits per heavy atom. The Labute approximate surface area is 200 Å². The largest absolute Gasteiger partial charge is 0.493 e. The molecule has 0 aliphatic heterocycles. The molecule has 0 spiro atoms. The monoisotopic (exact) mass is 509 g/mol. The summed E-state index contributed by atoms with van der Waals surface area (Å²) in [5, 5.41) is 7.01. The van der Waals surface area contributed by atoms with Gasteiger partial charge in [0.25, 0.3) is 5.91 Å². The summed E-state index contributed by atoms with van der Waals surface area (Å²) in [5.74, 6) is -0.185. The maximum Gasteiger partial charge on any atom is 0.343 e. The van der Waals surface area contributed by atoms with Crippen LogP contribution in [0.25, 0.3) is 0 Å². The number of hydrogen-bond donors (Lipinski definition) is 2. The van der Waals surface area contributed by atoms with Gasteiger partial charge in [-0.05, 0) is 71.7 Å². The van der Waals surface area contributed by atoms with Crippen molar-refractivity contribution in [2.45, 2.75) is 13.8 Å². The highest BCUT2D eigenvalue weighted by atomic mass is 79.9. The minimum Gasteiger partial charge on any atom is -0.493 e. The number of aryl methyl sites for hydroxylation is 2. The summed E-state index contributed by atoms with van der Waals surface area (Å²) in [5.41, 5.74) is 6.59. The van der Waals surface area contributed by atoms with Gasteiger partial charge in [0.05, 0.1) is 29.9 Å². The van der Waals surface area contributed by atoms with Crippen molar-refractivity contribution in [1.82, 2.24) is 5.43 Å². The number of benzene rings is 3. The molecule has 0 radical (unpaired) electrons. The van der Waals surface area contributed by atoms with Crippen LogP contribution in [0.1, 0.15) is 27.0 Å². The molecule has 33 heavy (non-hydrogen) atoms. The van der Waals surface area contributed by atoms with Gasteiger partial charge in [0.1, 0.15) is 0 Å². The van der Waals surface area contributed by atoms with Gasteiger partial charge in [0, 0.05) is 5.69 Å². The number of esters is 1. The average Bonchev–Trinajstić information content (AvgIpc) is 2.80. The Kier molecular flexibility index (Phi) is 8.21. The molecule has 0 aliphatic rings. The van der Waals surface area contributed by atoms with Gasteiger partial charge in [0.15, 0.2) is 11.5 Å². The Balaban J connectivity index is 1.61. The summed E-state index contributed by atoms with van der Waals surface area (Å²) in [6.07, 6.45) is 1.47. The van der Waals surface area contributed by atoms with Crippen LogP contribution in [0.5, 0.6) is 11.5 Å². The Morgan fingerprint density at radius 3 is 2.27 bits per heavy atom. The van der Waals surface area contributed by atoms with E-state index in [-0.39, 0.29) is 18.2 Å². The zero-order chi connectivity index (χ0) is 23.8. The molecule has 0 bridgehead atoms. The van der Waals surface area contributed by atoms with E-state index in [9.17, 15) is 9.59 Å². The SMILES string of the molecule is COc1cc(C=NNC(=O)CNc2ccc(C)cc2)cc(Br)c1OC(=O)c1ccc(C)cc1. The van der Waals surface area contributed by atoms with Gasteiger partial charge in [-0.15, -0.1) is 0 Å². The molecule has 0 saturated heterocycles. The molecule has 0 aromatic heterocycles. The number of nitrogens with one attached hydrogen (secondary N) is 2. The highest BCUT2D eigenvalue weighted by molar-refractivity contribution is 9.10. The molecular weight excluding hydrogens is 486 g/mol. The first-order chi connectivity index (χ1) is 15.9. The number of carbonyl (C=O) groups excluding carboxylic acids is 2. The highest BCUT2D eigenvalue weighted by Gasteiger charge is 2.16. The number of carbonyl (C=O) groups is 2. The zero-order valence-electron chi connectivity index (χ0n) is 18.5. The van der Waals surface area contributed by atoms with Crippen molar-refractivity contribution in [1.29, 1.82) is 0 Å². The van der Waals surface area contributed by atoms with E-state index in [1.54, 1.807) is 24.3 Å². The maximum atomic E-state index is 12.5. The smallest absolute Gasteiger partial charge is 0.343 e. The van der Waals surface area contributed by atoms with Crippen LogP contribution in [0.4, 0.5) is 5.69 Å². The molecule has 1 amide bonds. The molecule has 3 aromatic carbocycles. The van der Waals surface area contributed by atoms with E-state index >= 15 is 0 Å². The quantitative estimate of drug-likeness (QED) is 0.196. The molecule has 0 heterocycles. The van der Waals surface area contributed by atoms with Crippen molar-refractivity contribution in [3.63, 3.8) is 0 Å². The molecule has 0 unspecified atom stereocenters. The second-order valence-electron chi connectivity index (χ2n) is 7.30. The second kappa shape index (κ2) is 11.3. The lowest BCUT2D eigenvalue weighted by Crippen LogP contribution is -2.25. The number of hydrogen-bond acceptors (Lipinski definition) is 6. The summed E-state index contributed by atoms with van der Waals surface area (Å²) in [6, 6.07) is 18.2. The van der Waals surface area contributed by atoms with Crippen LogP contribution >= 0.6 is 15.9 Å². The number of rotatable bonds is 8. The van der Waals surface area contributed by atoms with Crippen LogP contribution in [0.3, 0.4) is 0 Å². The summed E-state index contributed by atoms with van der Waals surface area (Å²) in [6.45, 7) is 4.03. The third kappa shape index (κ3) is 6.92. The minimum atomic E-state index is -0.497. The molecule has 2 N–H and O–H groups in total. The number of anilines is 1. The number of ether oxygens (including phenoxy) is 2. The molecule has 0 fully saturated rings. The number of halogens is 1. The van der Waals surface area contributed by atoms with Crippen molar-refractivity contribution >= 4 is 39.7 Å². The van der Waals surface area contributed by atoms with Gasteiger partial charge in [-0.2, -0.15) is 5.10 Å². The lowest BCUT2D eigenvalue weighted by Gasteiger charge is -2.12. The number of amides is 1. The molecule has 3 aromatic rings. The summed E-state index contributed by atoms with van der Waals surface area (Å²) in [4.78, 5) is 24.5. The number of nitrogens with zero attached hydrogens (tertiary/aromatic N) is 1. The van der Waals surface area contributed by atoms with Crippen LogP contribution in [0, 0.1) is 13.8 Å². The van der Waals surface area contributed by atoms with E-state index in [4.69, 9.17) is 9.47 Å². The predicted molar refractivity (Wildman–Crippen MR) is 132 cm³/mol. The van der Waals surface area contributed by atoms with Crippen LogP contribution in [-0.2, 0) is 4.79 Å². The molecule has 7 nitrogen and oxygen atoms in total. The average molecular weight is 510 g/mol. The van der Waals surface area contributed by atoms with E-state index in [0.717, 1.165) is 16.8 Å². The molecule has 0 aliphatic carbocycles. The highest BCUT2D eigenvalue weighted by Crippen LogP contribution is 2.36. The maximum absolute atomic E-state index is 12.5. The fraction of sp³-hybridized carbons (Fsp3) is 0.160. The standard InChI is InChI=1S/C25H24BrN3O4/c1-16-4-8-19(9-5-16)25(31)33-24-21(26)12-18(13-22(24)32-3)14-28-29-23(30)15-27-20-10-6-17(2)7-11-20/h4-14,27H,15H2,1-3H3,(H,29,30). The topological polar surface area (TPSA) is 89.0 Å². The lowest BCUT2D eigenvalue weighted by atomic mass is 10.1. The van der Waals surface area contributed by atoms with Gasteiger partial charge in [-0.3, -0.25) is 4.79 Å². The molecule has 0 saturated carbocycles. The van der Waals surface area contributed by atoms with Gasteiger partial charge in [-0.25, -0.2) is 10.2 Å². The Morgan fingerprint density at radius 1 is 1.00 bits per heavy atom. The molecule has 170 valence electrons. The van der Waals surface area contributed by atoms with Crippen LogP contribution in [0.2, 0.25) is 0 Å². The second-order valence-corrected chi connectivity index (χ2v) is 8.16. The van der Waals surface area contributed by atoms with Crippen molar-refractivity contribution in [3.05, 3.63) is 87.4 Å². The van der Waals surface area contributed by atoms with E-state index in [0.29, 0.717) is 21.3 Å². The van der Waals surface area contributed by atoms with Crippen molar-refractivity contribution in [2.24, 2.45) is 5.10 Å². The summed E-state index contributed by atoms with van der Waals surface area (Å²) in [7, 11) is 1.48. The Bertz CT molecular complexity index is 1160. The summed E-state index contributed by atoms with van der Waals surface area (Å²) < 4.78 is 11.4. The van der Waals surface area contributed by atoms with Crippen LogP contribution in [-0.4, -0.2) is 31.7 Å². The van der Waals surface area contributed by atoms with Crippen molar-refractivity contribution < 1.29 is 19.1 Å². The van der Waals surface area contributed by atoms with E-state index in [1.807, 2.05) is 50.2 Å². The molecule has 0 atom stereocenters.